The lowest BCUT2D eigenvalue weighted by Gasteiger charge is -2.25. The maximum atomic E-state index is 12.9. The molecule has 0 rings (SSSR count). The molecule has 466 valence electrons. The van der Waals surface area contributed by atoms with Crippen molar-refractivity contribution in [1.29, 1.82) is 0 Å². The molecule has 0 fully saturated rings. The molecule has 0 heterocycles. The number of hydrogen-bond acceptors (Lipinski definition) is 7. The molecule has 0 saturated heterocycles. The van der Waals surface area contributed by atoms with Gasteiger partial charge in [0.05, 0.1) is 34.4 Å². The number of allylic oxidation sites excluding steroid dienone is 28. The Morgan fingerprint density at radius 3 is 0.964 bits per heavy atom. The fraction of sp³-hybridized carbons (Fsp3) is 0.581. The van der Waals surface area contributed by atoms with Crippen LogP contribution in [0.4, 0.5) is 0 Å². The van der Waals surface area contributed by atoms with Crippen LogP contribution in [0.5, 0.6) is 0 Å². The van der Waals surface area contributed by atoms with E-state index in [1.54, 1.807) is 0 Å². The summed E-state index contributed by atoms with van der Waals surface area (Å²) in [6.45, 7) is 4.59. The minimum atomic E-state index is -1.53. The molecule has 0 spiro atoms. The molecule has 0 aliphatic rings. The van der Waals surface area contributed by atoms with Gasteiger partial charge in [-0.1, -0.05) is 248 Å². The number of nitrogens with zero attached hydrogens (tertiary/aromatic N) is 1. The first-order valence-corrected chi connectivity index (χ1v) is 32.3. The fourth-order valence-corrected chi connectivity index (χ4v) is 8.09. The zero-order valence-electron chi connectivity index (χ0n) is 53.0. The first kappa shape index (κ1) is 77.7. The summed E-state index contributed by atoms with van der Waals surface area (Å²) >= 11 is 0. The van der Waals surface area contributed by atoms with Crippen molar-refractivity contribution in [1.82, 2.24) is 0 Å². The highest BCUT2D eigenvalue weighted by molar-refractivity contribution is 5.71. The lowest BCUT2D eigenvalue weighted by Crippen LogP contribution is -2.40. The molecule has 9 nitrogen and oxygen atoms in total. The van der Waals surface area contributed by atoms with Gasteiger partial charge in [-0.2, -0.15) is 0 Å². The summed E-state index contributed by atoms with van der Waals surface area (Å²) in [4.78, 5) is 37.6. The summed E-state index contributed by atoms with van der Waals surface area (Å²) in [6.07, 6.45) is 91.5. The number of aliphatic carboxylic acids is 1. The van der Waals surface area contributed by atoms with Crippen molar-refractivity contribution in [3.05, 3.63) is 170 Å². The molecule has 0 aliphatic carbocycles. The Kier molecular flexibility index (Phi) is 58.6. The Labute approximate surface area is 507 Å². The Morgan fingerprint density at radius 1 is 0.361 bits per heavy atom. The largest absolute Gasteiger partial charge is 0.477 e. The van der Waals surface area contributed by atoms with Gasteiger partial charge in [0.1, 0.15) is 13.2 Å². The number of carboxylic acids is 1. The Balaban J connectivity index is 4.31. The van der Waals surface area contributed by atoms with Crippen molar-refractivity contribution >= 4 is 17.9 Å². The number of esters is 2. The number of ether oxygens (including phenoxy) is 4. The number of rotatable bonds is 57. The molecule has 0 amide bonds. The lowest BCUT2D eigenvalue weighted by molar-refractivity contribution is -0.870. The van der Waals surface area contributed by atoms with Crippen LogP contribution in [-0.2, 0) is 33.3 Å². The standard InChI is InChI=1S/C74H117NO8/c1-6-8-10-12-14-16-18-20-22-24-26-28-30-32-33-34-35-36-37-38-39-41-43-45-47-49-51-53-55-57-59-61-63-65-72(77)83-70(69-82-74(73(78)79)80-67-66-75(3,4)5)68-81-71(76)64-62-60-58-56-54-52-50-48-46-44-42-40-31-29-27-25-23-21-19-17-15-13-11-9-7-2/h8-11,14-17,20-23,26-29,32-33,35-36,38-40,42-43,45,49,51,70,74H,6-7,12-13,18-19,24-25,30-31,34,37,41,44,46-48,50,52-69H2,1-5H3/p+1/b10-8-,11-9-,16-14-,17-15-,22-20-,23-21-,28-26-,29-27-,33-32-,36-35-,39-38-,42-40-,45-43-,51-49-. The molecule has 1 N–H and O–H groups in total. The van der Waals surface area contributed by atoms with E-state index in [2.05, 4.69) is 184 Å². The van der Waals surface area contributed by atoms with E-state index in [-0.39, 0.29) is 38.6 Å². The van der Waals surface area contributed by atoms with Crippen molar-refractivity contribution in [2.45, 2.75) is 232 Å². The third-order valence-corrected chi connectivity index (χ3v) is 13.0. The minimum Gasteiger partial charge on any atom is -0.477 e. The third kappa shape index (κ3) is 64.1. The molecule has 0 aromatic carbocycles. The van der Waals surface area contributed by atoms with Crippen LogP contribution in [0, 0.1) is 0 Å². The molecule has 0 bridgehead atoms. The second kappa shape index (κ2) is 62.7. The van der Waals surface area contributed by atoms with E-state index < -0.39 is 24.3 Å². The second-order valence-electron chi connectivity index (χ2n) is 22.0. The number of carbonyl (C=O) groups is 3. The van der Waals surface area contributed by atoms with Gasteiger partial charge in [-0.3, -0.25) is 9.59 Å². The average molecular weight is 1150 g/mol. The molecular weight excluding hydrogens is 1030 g/mol. The van der Waals surface area contributed by atoms with Crippen LogP contribution in [0.2, 0.25) is 0 Å². The first-order chi connectivity index (χ1) is 40.6. The maximum Gasteiger partial charge on any atom is 0.361 e. The van der Waals surface area contributed by atoms with Crippen LogP contribution in [0.15, 0.2) is 170 Å². The van der Waals surface area contributed by atoms with E-state index in [0.717, 1.165) is 154 Å². The maximum absolute atomic E-state index is 12.9. The van der Waals surface area contributed by atoms with Crippen molar-refractivity contribution in [3.8, 4) is 0 Å². The second-order valence-corrected chi connectivity index (χ2v) is 22.0. The summed E-state index contributed by atoms with van der Waals surface area (Å²) < 4.78 is 22.9. The van der Waals surface area contributed by atoms with Gasteiger partial charge < -0.3 is 28.5 Å². The van der Waals surface area contributed by atoms with E-state index in [1.165, 1.54) is 32.1 Å². The van der Waals surface area contributed by atoms with Crippen LogP contribution in [-0.4, -0.2) is 87.4 Å². The molecule has 0 aromatic heterocycles. The molecule has 0 aromatic rings. The molecular formula is C74H118NO8+. The Hall–Kier alpha value is -5.35. The SMILES string of the molecule is CC/C=C\C/C=C\C/C=C\C/C=C\C/C=C\C/C=C\C/C=C\C/C=C\C/C=C\CCCCCCCC(=O)OC(COC(=O)CCCCCCCCCCC/C=C\C/C=C\C/C=C\C/C=C\C/C=C\CC)COC(OCC[N+](C)(C)C)C(=O)O. The van der Waals surface area contributed by atoms with Gasteiger partial charge in [0.15, 0.2) is 6.10 Å². The van der Waals surface area contributed by atoms with E-state index in [9.17, 15) is 19.5 Å². The van der Waals surface area contributed by atoms with Gasteiger partial charge in [0.25, 0.3) is 6.29 Å². The number of quaternary nitrogens is 1. The summed E-state index contributed by atoms with van der Waals surface area (Å²) in [6, 6.07) is 0. The summed E-state index contributed by atoms with van der Waals surface area (Å²) in [5.74, 6) is -2.06. The fourth-order valence-electron chi connectivity index (χ4n) is 8.09. The molecule has 0 aliphatic heterocycles. The molecule has 9 heteroatoms. The van der Waals surface area contributed by atoms with Crippen molar-refractivity contribution in [2.75, 3.05) is 47.5 Å². The highest BCUT2D eigenvalue weighted by Gasteiger charge is 2.25. The van der Waals surface area contributed by atoms with Crippen LogP contribution >= 0.6 is 0 Å². The number of unbranched alkanes of at least 4 members (excludes halogenated alkanes) is 14. The topological polar surface area (TPSA) is 108 Å². The van der Waals surface area contributed by atoms with Crippen LogP contribution in [0.1, 0.15) is 219 Å². The van der Waals surface area contributed by atoms with E-state index in [0.29, 0.717) is 17.4 Å². The zero-order chi connectivity index (χ0) is 60.5. The summed E-state index contributed by atoms with van der Waals surface area (Å²) in [7, 11) is 5.95. The quantitative estimate of drug-likeness (QED) is 0.0211. The average Bonchev–Trinajstić information content (AvgIpc) is 3.46. The predicted molar refractivity (Wildman–Crippen MR) is 354 cm³/mol. The molecule has 0 saturated carbocycles. The van der Waals surface area contributed by atoms with Crippen LogP contribution < -0.4 is 0 Å². The van der Waals surface area contributed by atoms with Gasteiger partial charge in [0, 0.05) is 12.8 Å². The van der Waals surface area contributed by atoms with Gasteiger partial charge in [-0.05, 0) is 128 Å². The number of carboxylic acid groups (broad SMARTS) is 1. The van der Waals surface area contributed by atoms with Gasteiger partial charge in [0.2, 0.25) is 0 Å². The summed E-state index contributed by atoms with van der Waals surface area (Å²) in [5, 5.41) is 9.73. The third-order valence-electron chi connectivity index (χ3n) is 13.0. The van der Waals surface area contributed by atoms with Crippen molar-refractivity contribution in [2.24, 2.45) is 0 Å². The van der Waals surface area contributed by atoms with Gasteiger partial charge in [-0.15, -0.1) is 0 Å². The van der Waals surface area contributed by atoms with Gasteiger partial charge in [-0.25, -0.2) is 4.79 Å². The van der Waals surface area contributed by atoms with Crippen LogP contribution in [0.25, 0.3) is 0 Å². The first-order valence-electron chi connectivity index (χ1n) is 32.3. The Bertz CT molecular complexity index is 1960. The Morgan fingerprint density at radius 2 is 0.651 bits per heavy atom. The normalized spacial score (nSPS) is 13.9. The number of likely N-dealkylation sites (N-methyl/N-ethyl adjacent to an activating group) is 1. The summed E-state index contributed by atoms with van der Waals surface area (Å²) in [5.41, 5.74) is 0. The van der Waals surface area contributed by atoms with Gasteiger partial charge >= 0.3 is 17.9 Å². The predicted octanol–water partition coefficient (Wildman–Crippen LogP) is 19.9. The van der Waals surface area contributed by atoms with Crippen molar-refractivity contribution < 1.29 is 42.9 Å². The highest BCUT2D eigenvalue weighted by atomic mass is 16.7. The molecule has 83 heavy (non-hydrogen) atoms. The zero-order valence-corrected chi connectivity index (χ0v) is 53.0. The number of carbonyl (C=O) groups excluding carboxylic acids is 2. The highest BCUT2D eigenvalue weighted by Crippen LogP contribution is 2.14. The smallest absolute Gasteiger partial charge is 0.361 e. The molecule has 2 atom stereocenters. The van der Waals surface area contributed by atoms with E-state index in [1.807, 2.05) is 21.1 Å². The van der Waals surface area contributed by atoms with Crippen molar-refractivity contribution in [3.63, 3.8) is 0 Å². The van der Waals surface area contributed by atoms with E-state index >= 15 is 0 Å². The molecule has 0 radical (unpaired) electrons. The number of hydrogen-bond donors (Lipinski definition) is 1. The monoisotopic (exact) mass is 1150 g/mol. The van der Waals surface area contributed by atoms with Crippen LogP contribution in [0.3, 0.4) is 0 Å². The van der Waals surface area contributed by atoms with E-state index in [4.69, 9.17) is 18.9 Å². The minimum absolute atomic E-state index is 0.172. The molecule has 2 unspecified atom stereocenters. The lowest BCUT2D eigenvalue weighted by atomic mass is 10.1.